The molecule has 0 spiro atoms. The lowest BCUT2D eigenvalue weighted by atomic mass is 10.1. The van der Waals surface area contributed by atoms with Crippen LogP contribution in [-0.4, -0.2) is 43.4 Å². The van der Waals surface area contributed by atoms with Gasteiger partial charge in [-0.25, -0.2) is 18.7 Å². The van der Waals surface area contributed by atoms with E-state index in [0.29, 0.717) is 12.3 Å². The molecule has 3 heterocycles. The SMILES string of the molecule is Cc1nc(C(N)=O)sc1Oc1ccc(-n2nc3n(c2=O)[C@H](c2ccccc2)CO3)cc1F.O=CO. The van der Waals surface area contributed by atoms with Crippen LogP contribution in [0.15, 0.2) is 53.3 Å². The number of carbonyl (C=O) groups is 2. The van der Waals surface area contributed by atoms with Gasteiger partial charge in [-0.05, 0) is 24.6 Å². The van der Waals surface area contributed by atoms with Crippen LogP contribution in [0.2, 0.25) is 0 Å². The molecule has 35 heavy (non-hydrogen) atoms. The first kappa shape index (κ1) is 23.6. The molecule has 0 unspecified atom stereocenters. The van der Waals surface area contributed by atoms with Crippen molar-refractivity contribution < 1.29 is 28.6 Å². The number of carboxylic acid groups (broad SMARTS) is 1. The third-order valence-electron chi connectivity index (χ3n) is 4.97. The van der Waals surface area contributed by atoms with Crippen molar-refractivity contribution in [2.75, 3.05) is 6.61 Å². The molecule has 0 saturated heterocycles. The van der Waals surface area contributed by atoms with Crippen molar-refractivity contribution >= 4 is 23.7 Å². The number of hydrogen-bond acceptors (Lipinski definition) is 8. The van der Waals surface area contributed by atoms with Gasteiger partial charge in [0.2, 0.25) is 5.06 Å². The zero-order valence-electron chi connectivity index (χ0n) is 18.1. The molecule has 0 fully saturated rings. The summed E-state index contributed by atoms with van der Waals surface area (Å²) >= 11 is 0.926. The Labute approximate surface area is 200 Å². The highest BCUT2D eigenvalue weighted by molar-refractivity contribution is 7.15. The Balaban J connectivity index is 0.000000917. The van der Waals surface area contributed by atoms with Gasteiger partial charge >= 0.3 is 11.7 Å². The number of amides is 1. The van der Waals surface area contributed by atoms with Gasteiger partial charge in [-0.2, -0.15) is 4.68 Å². The van der Waals surface area contributed by atoms with Crippen molar-refractivity contribution in [2.24, 2.45) is 5.73 Å². The molecule has 2 aromatic heterocycles. The summed E-state index contributed by atoms with van der Waals surface area (Å²) in [5.41, 5.74) is 6.33. The number of halogens is 1. The fourth-order valence-electron chi connectivity index (χ4n) is 3.43. The van der Waals surface area contributed by atoms with Gasteiger partial charge in [-0.15, -0.1) is 5.10 Å². The molecule has 1 amide bonds. The highest BCUT2D eigenvalue weighted by atomic mass is 32.1. The number of hydrogen-bond donors (Lipinski definition) is 2. The molecule has 3 N–H and O–H groups in total. The largest absolute Gasteiger partial charge is 0.483 e. The van der Waals surface area contributed by atoms with Crippen LogP contribution in [-0.2, 0) is 4.79 Å². The number of rotatable bonds is 5. The van der Waals surface area contributed by atoms with E-state index in [0.717, 1.165) is 27.6 Å². The summed E-state index contributed by atoms with van der Waals surface area (Å²) in [5, 5.41) is 11.4. The molecule has 4 aromatic rings. The second kappa shape index (κ2) is 9.77. The van der Waals surface area contributed by atoms with Gasteiger partial charge in [0.05, 0.1) is 11.4 Å². The molecule has 11 nitrogen and oxygen atoms in total. The summed E-state index contributed by atoms with van der Waals surface area (Å²) in [6.07, 6.45) is 0. The summed E-state index contributed by atoms with van der Waals surface area (Å²) in [7, 11) is 0. The minimum Gasteiger partial charge on any atom is -0.483 e. The number of benzene rings is 2. The van der Waals surface area contributed by atoms with Crippen LogP contribution in [0.1, 0.15) is 27.1 Å². The monoisotopic (exact) mass is 499 g/mol. The van der Waals surface area contributed by atoms with E-state index < -0.39 is 17.4 Å². The topological polar surface area (TPSA) is 152 Å². The summed E-state index contributed by atoms with van der Waals surface area (Å²) in [6, 6.07) is 13.3. The molecule has 1 atom stereocenters. The van der Waals surface area contributed by atoms with Crippen molar-refractivity contribution in [1.82, 2.24) is 19.3 Å². The van der Waals surface area contributed by atoms with E-state index >= 15 is 0 Å². The zero-order chi connectivity index (χ0) is 25.1. The van der Waals surface area contributed by atoms with E-state index in [4.69, 9.17) is 25.1 Å². The molecule has 1 aliphatic heterocycles. The maximum Gasteiger partial charge on any atom is 0.354 e. The third-order valence-corrected chi connectivity index (χ3v) is 6.02. The number of thiazole rings is 1. The highest BCUT2D eigenvalue weighted by Crippen LogP contribution is 2.33. The molecule has 180 valence electrons. The van der Waals surface area contributed by atoms with Crippen molar-refractivity contribution in [3.8, 4) is 22.5 Å². The summed E-state index contributed by atoms with van der Waals surface area (Å²) in [4.78, 5) is 36.7. The predicted octanol–water partition coefficient (Wildman–Crippen LogP) is 2.51. The molecular weight excluding hydrogens is 481 g/mol. The quantitative estimate of drug-likeness (QED) is 0.398. The summed E-state index contributed by atoms with van der Waals surface area (Å²) in [5.74, 6) is -1.49. The van der Waals surface area contributed by atoms with Crippen molar-refractivity contribution in [3.05, 3.63) is 81.1 Å². The second-order valence-corrected chi connectivity index (χ2v) is 8.12. The number of fused-ring (bicyclic) bond motifs is 1. The van der Waals surface area contributed by atoms with Crippen LogP contribution < -0.4 is 20.9 Å². The first-order valence-electron chi connectivity index (χ1n) is 10.1. The number of nitrogens with two attached hydrogens (primary N) is 1. The number of nitrogens with zero attached hydrogens (tertiary/aromatic N) is 4. The average molecular weight is 499 g/mol. The molecule has 0 bridgehead atoms. The van der Waals surface area contributed by atoms with Gasteiger partial charge in [-0.3, -0.25) is 9.59 Å². The van der Waals surface area contributed by atoms with Gasteiger partial charge in [-0.1, -0.05) is 41.7 Å². The Bertz CT molecular complexity index is 1450. The summed E-state index contributed by atoms with van der Waals surface area (Å²) < 4.78 is 28.5. The third kappa shape index (κ3) is 4.61. The van der Waals surface area contributed by atoms with Crippen molar-refractivity contribution in [1.29, 1.82) is 0 Å². The van der Waals surface area contributed by atoms with E-state index in [9.17, 15) is 14.0 Å². The van der Waals surface area contributed by atoms with Crippen LogP contribution >= 0.6 is 11.3 Å². The number of ether oxygens (including phenoxy) is 2. The van der Waals surface area contributed by atoms with E-state index in [1.54, 1.807) is 6.92 Å². The normalized spacial score (nSPS) is 13.8. The first-order valence-corrected chi connectivity index (χ1v) is 10.9. The van der Waals surface area contributed by atoms with E-state index in [1.807, 2.05) is 30.3 Å². The fourth-order valence-corrected chi connectivity index (χ4v) is 4.21. The van der Waals surface area contributed by atoms with Crippen LogP contribution in [0.5, 0.6) is 16.8 Å². The molecule has 0 saturated carbocycles. The van der Waals surface area contributed by atoms with Gasteiger partial charge in [0, 0.05) is 6.07 Å². The van der Waals surface area contributed by atoms with E-state index in [2.05, 4.69) is 10.1 Å². The number of aryl methyl sites for hydroxylation is 1. The predicted molar refractivity (Wildman–Crippen MR) is 122 cm³/mol. The highest BCUT2D eigenvalue weighted by Gasteiger charge is 2.31. The number of primary amides is 1. The molecule has 5 rings (SSSR count). The lowest BCUT2D eigenvalue weighted by Crippen LogP contribution is -2.27. The van der Waals surface area contributed by atoms with Gasteiger partial charge in [0.15, 0.2) is 16.6 Å². The average Bonchev–Trinajstić information content (AvgIpc) is 3.51. The Morgan fingerprint density at radius 2 is 2.03 bits per heavy atom. The Morgan fingerprint density at radius 3 is 2.66 bits per heavy atom. The molecule has 1 aliphatic rings. The Hall–Kier alpha value is -4.52. The van der Waals surface area contributed by atoms with Crippen LogP contribution in [0.3, 0.4) is 0 Å². The van der Waals surface area contributed by atoms with Crippen LogP contribution in [0.25, 0.3) is 5.69 Å². The maximum absolute atomic E-state index is 14.8. The lowest BCUT2D eigenvalue weighted by Gasteiger charge is -2.10. The Kier molecular flexibility index (Phi) is 6.59. The summed E-state index contributed by atoms with van der Waals surface area (Å²) in [6.45, 7) is 1.67. The smallest absolute Gasteiger partial charge is 0.354 e. The lowest BCUT2D eigenvalue weighted by molar-refractivity contribution is -0.122. The standard InChI is InChI=1S/C21H16FN5O4S.CH2O2/c1-11-19(32-18(24-11)17(23)28)31-16-8-7-13(9-14(16)22)27-21(29)26-15(10-30-20(26)25-27)12-5-3-2-4-6-12;2-1-3/h2-9,15H,10H2,1H3,(H2,23,28);1H,(H,2,3)/t15-;/m0./s1. The van der Waals surface area contributed by atoms with Gasteiger partial charge in [0.25, 0.3) is 12.4 Å². The minimum atomic E-state index is -0.712. The molecule has 2 aromatic carbocycles. The Morgan fingerprint density at radius 1 is 1.31 bits per heavy atom. The first-order chi connectivity index (χ1) is 16.8. The van der Waals surface area contributed by atoms with E-state index in [-0.39, 0.29) is 40.0 Å². The fraction of sp³-hybridized carbons (Fsp3) is 0.136. The number of aromatic nitrogens is 4. The molecule has 0 aliphatic carbocycles. The maximum atomic E-state index is 14.8. The van der Waals surface area contributed by atoms with Crippen LogP contribution in [0.4, 0.5) is 4.39 Å². The van der Waals surface area contributed by atoms with Gasteiger partial charge in [0.1, 0.15) is 12.6 Å². The van der Waals surface area contributed by atoms with Crippen molar-refractivity contribution in [3.63, 3.8) is 0 Å². The minimum absolute atomic E-state index is 0.0709. The molecular formula is C22H18FN5O6S. The van der Waals surface area contributed by atoms with Gasteiger partial charge < -0.3 is 20.3 Å². The molecule has 13 heteroatoms. The zero-order valence-corrected chi connectivity index (χ0v) is 18.9. The van der Waals surface area contributed by atoms with E-state index in [1.165, 1.54) is 16.7 Å². The second-order valence-electron chi connectivity index (χ2n) is 7.16. The van der Waals surface area contributed by atoms with Crippen LogP contribution in [0, 0.1) is 12.7 Å². The number of carbonyl (C=O) groups excluding carboxylic acids is 1. The molecule has 0 radical (unpaired) electrons. The van der Waals surface area contributed by atoms with Crippen molar-refractivity contribution in [2.45, 2.75) is 13.0 Å².